The van der Waals surface area contributed by atoms with Gasteiger partial charge in [-0.25, -0.2) is 0 Å². The van der Waals surface area contributed by atoms with Crippen LogP contribution in [0.4, 0.5) is 0 Å². The number of carbonyl (C=O) groups is 2. The zero-order chi connectivity index (χ0) is 40.7. The van der Waals surface area contributed by atoms with Crippen molar-refractivity contribution >= 4 is 11.9 Å². The van der Waals surface area contributed by atoms with Crippen LogP contribution in [-0.4, -0.2) is 37.9 Å². The van der Waals surface area contributed by atoms with E-state index in [4.69, 9.17) is 14.2 Å². The minimum absolute atomic E-state index is 0.0860. The minimum Gasteiger partial charge on any atom is -0.462 e. The molecule has 0 rings (SSSR count). The third-order valence-corrected chi connectivity index (χ3v) is 11.0. The highest BCUT2D eigenvalue weighted by atomic mass is 16.6. The average Bonchev–Trinajstić information content (AvgIpc) is 3.20. The van der Waals surface area contributed by atoms with E-state index >= 15 is 0 Å². The molecule has 1 unspecified atom stereocenters. The molecule has 0 fully saturated rings. The lowest BCUT2D eigenvalue weighted by atomic mass is 10.1. The summed E-state index contributed by atoms with van der Waals surface area (Å²) in [4.78, 5) is 25.1. The normalized spacial score (nSPS) is 12.3. The zero-order valence-electron chi connectivity index (χ0n) is 37.9. The quantitative estimate of drug-likeness (QED) is 0.0349. The molecule has 5 nitrogen and oxygen atoms in total. The fourth-order valence-electron chi connectivity index (χ4n) is 7.21. The van der Waals surface area contributed by atoms with E-state index in [1.54, 1.807) is 0 Å². The molecule has 0 N–H and O–H groups in total. The number of esters is 2. The molecule has 1 atom stereocenters. The van der Waals surface area contributed by atoms with Crippen molar-refractivity contribution in [2.45, 2.75) is 271 Å². The van der Waals surface area contributed by atoms with Gasteiger partial charge in [-0.1, -0.05) is 206 Å². The Morgan fingerprint density at radius 1 is 0.375 bits per heavy atom. The second kappa shape index (κ2) is 47.8. The molecule has 0 aliphatic carbocycles. The average molecular weight is 789 g/mol. The molecule has 0 aliphatic heterocycles. The van der Waals surface area contributed by atoms with E-state index in [2.05, 4.69) is 45.1 Å². The van der Waals surface area contributed by atoms with Crippen LogP contribution in [-0.2, 0) is 23.8 Å². The van der Waals surface area contributed by atoms with Crippen LogP contribution >= 0.6 is 0 Å². The van der Waals surface area contributed by atoms with Crippen molar-refractivity contribution < 1.29 is 23.8 Å². The van der Waals surface area contributed by atoms with Crippen LogP contribution in [0.1, 0.15) is 265 Å². The van der Waals surface area contributed by atoms with Crippen LogP contribution in [0, 0.1) is 0 Å². The van der Waals surface area contributed by atoms with Gasteiger partial charge in [-0.2, -0.15) is 0 Å². The summed E-state index contributed by atoms with van der Waals surface area (Å²) in [5, 5.41) is 0. The van der Waals surface area contributed by atoms with E-state index in [1.807, 2.05) is 0 Å². The van der Waals surface area contributed by atoms with Gasteiger partial charge in [0.2, 0.25) is 0 Å². The highest BCUT2D eigenvalue weighted by Gasteiger charge is 2.17. The summed E-state index contributed by atoms with van der Waals surface area (Å²) in [7, 11) is 0. The Bertz CT molecular complexity index is 851. The maximum atomic E-state index is 12.6. The number of unbranched alkanes of at least 4 members (excludes halogenated alkanes) is 31. The van der Waals surface area contributed by atoms with E-state index in [9.17, 15) is 9.59 Å². The number of allylic oxidation sites excluding steroid dienone is 4. The fraction of sp³-hybridized carbons (Fsp3) is 0.882. The molecule has 330 valence electrons. The summed E-state index contributed by atoms with van der Waals surface area (Å²) >= 11 is 0. The van der Waals surface area contributed by atoms with Gasteiger partial charge in [0, 0.05) is 19.4 Å². The topological polar surface area (TPSA) is 61.8 Å². The highest BCUT2D eigenvalue weighted by molar-refractivity contribution is 5.70. The SMILES string of the molecule is CCCCCCCC/C=C\CCCCCCCCCCCC(=O)OCC(COCCCCCCCC/C=C\CCCCCCCC)OC(=O)CCCCCCC. The molecular weight excluding hydrogens is 693 g/mol. The first-order valence-electron chi connectivity index (χ1n) is 24.9. The molecule has 0 aliphatic rings. The van der Waals surface area contributed by atoms with E-state index < -0.39 is 6.10 Å². The van der Waals surface area contributed by atoms with Crippen LogP contribution in [0.15, 0.2) is 24.3 Å². The van der Waals surface area contributed by atoms with Gasteiger partial charge >= 0.3 is 11.9 Å². The Balaban J connectivity index is 3.99. The monoisotopic (exact) mass is 789 g/mol. The first kappa shape index (κ1) is 54.4. The Morgan fingerprint density at radius 3 is 1.09 bits per heavy atom. The molecular formula is C51H96O5. The molecule has 0 aromatic rings. The third-order valence-electron chi connectivity index (χ3n) is 11.0. The fourth-order valence-corrected chi connectivity index (χ4v) is 7.21. The second-order valence-electron chi connectivity index (χ2n) is 16.7. The lowest BCUT2D eigenvalue weighted by molar-refractivity contribution is -0.163. The molecule has 0 saturated carbocycles. The molecule has 0 aromatic heterocycles. The van der Waals surface area contributed by atoms with Gasteiger partial charge in [0.25, 0.3) is 0 Å². The Hall–Kier alpha value is -1.62. The lowest BCUT2D eigenvalue weighted by Crippen LogP contribution is -2.30. The van der Waals surface area contributed by atoms with Crippen molar-refractivity contribution in [2.24, 2.45) is 0 Å². The summed E-state index contributed by atoms with van der Waals surface area (Å²) in [6.45, 7) is 7.77. The maximum absolute atomic E-state index is 12.6. The predicted molar refractivity (Wildman–Crippen MR) is 242 cm³/mol. The van der Waals surface area contributed by atoms with Crippen molar-refractivity contribution in [1.82, 2.24) is 0 Å². The molecule has 0 spiro atoms. The van der Waals surface area contributed by atoms with E-state index in [1.165, 1.54) is 186 Å². The lowest BCUT2D eigenvalue weighted by Gasteiger charge is -2.18. The Labute approximate surface area is 349 Å². The largest absolute Gasteiger partial charge is 0.462 e. The zero-order valence-corrected chi connectivity index (χ0v) is 37.9. The maximum Gasteiger partial charge on any atom is 0.306 e. The van der Waals surface area contributed by atoms with Gasteiger partial charge in [0.05, 0.1) is 6.61 Å². The number of carbonyl (C=O) groups excluding carboxylic acids is 2. The van der Waals surface area contributed by atoms with Gasteiger partial charge in [0.1, 0.15) is 6.61 Å². The van der Waals surface area contributed by atoms with Crippen molar-refractivity contribution in [3.63, 3.8) is 0 Å². The van der Waals surface area contributed by atoms with Crippen LogP contribution < -0.4 is 0 Å². The van der Waals surface area contributed by atoms with Crippen LogP contribution in [0.2, 0.25) is 0 Å². The van der Waals surface area contributed by atoms with Gasteiger partial charge < -0.3 is 14.2 Å². The first-order valence-corrected chi connectivity index (χ1v) is 24.9. The summed E-state index contributed by atoms with van der Waals surface area (Å²) < 4.78 is 17.2. The molecule has 0 amide bonds. The summed E-state index contributed by atoms with van der Waals surface area (Å²) in [6, 6.07) is 0. The van der Waals surface area contributed by atoms with E-state index in [-0.39, 0.29) is 25.2 Å². The first-order chi connectivity index (χ1) is 27.6. The Kier molecular flexibility index (Phi) is 46.4. The Morgan fingerprint density at radius 2 is 0.696 bits per heavy atom. The summed E-state index contributed by atoms with van der Waals surface area (Å²) in [6.07, 6.45) is 55.0. The number of hydrogen-bond donors (Lipinski definition) is 0. The van der Waals surface area contributed by atoms with Crippen molar-refractivity contribution in [2.75, 3.05) is 19.8 Å². The molecule has 0 saturated heterocycles. The van der Waals surface area contributed by atoms with Gasteiger partial charge in [-0.15, -0.1) is 0 Å². The van der Waals surface area contributed by atoms with Crippen LogP contribution in [0.5, 0.6) is 0 Å². The molecule has 5 heteroatoms. The van der Waals surface area contributed by atoms with E-state index in [0.717, 1.165) is 44.9 Å². The molecule has 56 heavy (non-hydrogen) atoms. The predicted octanol–water partition coefficient (Wildman–Crippen LogP) is 16.5. The van der Waals surface area contributed by atoms with Gasteiger partial charge in [-0.05, 0) is 70.6 Å². The van der Waals surface area contributed by atoms with Crippen molar-refractivity contribution in [3.8, 4) is 0 Å². The van der Waals surface area contributed by atoms with E-state index in [0.29, 0.717) is 19.4 Å². The highest BCUT2D eigenvalue weighted by Crippen LogP contribution is 2.14. The third kappa shape index (κ3) is 45.1. The van der Waals surface area contributed by atoms with Crippen molar-refractivity contribution in [1.29, 1.82) is 0 Å². The van der Waals surface area contributed by atoms with Crippen molar-refractivity contribution in [3.05, 3.63) is 24.3 Å². The minimum atomic E-state index is -0.530. The summed E-state index contributed by atoms with van der Waals surface area (Å²) in [5.41, 5.74) is 0. The summed E-state index contributed by atoms with van der Waals surface area (Å²) in [5.74, 6) is -0.404. The van der Waals surface area contributed by atoms with Crippen LogP contribution in [0.3, 0.4) is 0 Å². The standard InChI is InChI=1S/C51H96O5/c1-4-7-10-13-15-17-19-21-23-25-26-27-28-30-32-34-36-39-41-44-50(52)55-48-49(56-51(53)45-42-38-12-9-6-3)47-54-46-43-40-37-35-33-31-29-24-22-20-18-16-14-11-8-5-2/h21-24,49H,4-20,25-48H2,1-3H3/b23-21-,24-22-. The number of ether oxygens (including phenoxy) is 3. The molecule has 0 radical (unpaired) electrons. The number of rotatable bonds is 46. The molecule has 0 bridgehead atoms. The smallest absolute Gasteiger partial charge is 0.306 e. The second-order valence-corrected chi connectivity index (χ2v) is 16.7. The molecule has 0 heterocycles. The van der Waals surface area contributed by atoms with Gasteiger partial charge in [-0.3, -0.25) is 9.59 Å². The van der Waals surface area contributed by atoms with Crippen LogP contribution in [0.25, 0.3) is 0 Å². The number of hydrogen-bond acceptors (Lipinski definition) is 5. The van der Waals surface area contributed by atoms with Gasteiger partial charge in [0.15, 0.2) is 6.10 Å². The molecule has 0 aromatic carbocycles.